The van der Waals surface area contributed by atoms with Gasteiger partial charge in [-0.25, -0.2) is 18.2 Å². The largest absolute Gasteiger partial charge is 0.325 e. The van der Waals surface area contributed by atoms with E-state index in [-0.39, 0.29) is 10.7 Å². The van der Waals surface area contributed by atoms with E-state index < -0.39 is 36.0 Å². The SMILES string of the molecule is Cc1cc2c(c(Cl)n1)-c1cc(F)cnc1[C@H](C)C(=O)N2CC(=O)Nc1ccc(C(C)(F)F)cc1. The predicted octanol–water partition coefficient (Wildman–Crippen LogP) is 5.45. The Labute approximate surface area is 198 Å². The molecule has 34 heavy (non-hydrogen) atoms. The Balaban J connectivity index is 1.70. The first kappa shape index (κ1) is 23.7. The number of carbonyl (C=O) groups is 2. The summed E-state index contributed by atoms with van der Waals surface area (Å²) >= 11 is 6.42. The highest BCUT2D eigenvalue weighted by Crippen LogP contribution is 2.43. The molecular formula is C24H20ClF3N4O2. The molecule has 1 atom stereocenters. The van der Waals surface area contributed by atoms with Crippen LogP contribution in [0.3, 0.4) is 0 Å². The Morgan fingerprint density at radius 2 is 1.91 bits per heavy atom. The number of amides is 2. The number of hydrogen-bond donors (Lipinski definition) is 1. The van der Waals surface area contributed by atoms with E-state index in [0.29, 0.717) is 33.9 Å². The molecule has 1 aliphatic heterocycles. The quantitative estimate of drug-likeness (QED) is 0.496. The summed E-state index contributed by atoms with van der Waals surface area (Å²) in [6.45, 7) is 3.68. The molecule has 4 rings (SSSR count). The van der Waals surface area contributed by atoms with E-state index in [1.807, 2.05) is 0 Å². The number of alkyl halides is 2. The third-order valence-electron chi connectivity index (χ3n) is 5.55. The Hall–Kier alpha value is -3.46. The molecule has 3 heterocycles. The monoisotopic (exact) mass is 488 g/mol. The maximum Gasteiger partial charge on any atom is 0.270 e. The van der Waals surface area contributed by atoms with Crippen molar-refractivity contribution in [1.29, 1.82) is 0 Å². The number of anilines is 2. The Kier molecular flexibility index (Phi) is 6.07. The number of rotatable bonds is 4. The summed E-state index contributed by atoms with van der Waals surface area (Å²) in [6, 6.07) is 7.99. The van der Waals surface area contributed by atoms with E-state index in [2.05, 4.69) is 15.3 Å². The maximum absolute atomic E-state index is 14.1. The fourth-order valence-corrected chi connectivity index (χ4v) is 4.23. The molecule has 2 aromatic heterocycles. The van der Waals surface area contributed by atoms with Crippen LogP contribution in [0.4, 0.5) is 24.5 Å². The zero-order valence-electron chi connectivity index (χ0n) is 18.5. The van der Waals surface area contributed by atoms with Gasteiger partial charge in [-0.1, -0.05) is 23.7 Å². The number of hydrogen-bond acceptors (Lipinski definition) is 4. The zero-order chi connectivity index (χ0) is 24.8. The fraction of sp³-hybridized carbons (Fsp3) is 0.250. The average Bonchev–Trinajstić information content (AvgIpc) is 2.83. The topological polar surface area (TPSA) is 75.2 Å². The van der Waals surface area contributed by atoms with Gasteiger partial charge in [-0.15, -0.1) is 0 Å². The van der Waals surface area contributed by atoms with Gasteiger partial charge >= 0.3 is 0 Å². The van der Waals surface area contributed by atoms with Crippen LogP contribution in [0, 0.1) is 12.7 Å². The molecule has 1 N–H and O–H groups in total. The number of nitrogens with zero attached hydrogens (tertiary/aromatic N) is 3. The van der Waals surface area contributed by atoms with Crippen LogP contribution in [0.5, 0.6) is 0 Å². The van der Waals surface area contributed by atoms with Crippen molar-refractivity contribution in [2.75, 3.05) is 16.8 Å². The van der Waals surface area contributed by atoms with Crippen molar-refractivity contribution in [3.05, 3.63) is 70.5 Å². The molecule has 0 saturated heterocycles. The van der Waals surface area contributed by atoms with Crippen LogP contribution in [0.15, 0.2) is 42.6 Å². The predicted molar refractivity (Wildman–Crippen MR) is 123 cm³/mol. The molecule has 176 valence electrons. The first-order valence-corrected chi connectivity index (χ1v) is 10.8. The summed E-state index contributed by atoms with van der Waals surface area (Å²) in [5.41, 5.74) is 1.85. The minimum absolute atomic E-state index is 0.0482. The molecule has 10 heteroatoms. The first-order chi connectivity index (χ1) is 16.0. The highest BCUT2D eigenvalue weighted by Gasteiger charge is 2.35. The normalized spacial score (nSPS) is 15.4. The molecule has 1 aliphatic rings. The van der Waals surface area contributed by atoms with Gasteiger partial charge in [-0.05, 0) is 38.1 Å². The van der Waals surface area contributed by atoms with Crippen molar-refractivity contribution < 1.29 is 22.8 Å². The number of halogens is 4. The minimum atomic E-state index is -3.01. The highest BCUT2D eigenvalue weighted by molar-refractivity contribution is 6.33. The average molecular weight is 489 g/mol. The third-order valence-corrected chi connectivity index (χ3v) is 5.83. The van der Waals surface area contributed by atoms with Gasteiger partial charge in [-0.2, -0.15) is 0 Å². The maximum atomic E-state index is 14.1. The lowest BCUT2D eigenvalue weighted by Gasteiger charge is -2.25. The number of pyridine rings is 2. The molecule has 0 saturated carbocycles. The third kappa shape index (κ3) is 4.48. The van der Waals surface area contributed by atoms with E-state index in [0.717, 1.165) is 13.1 Å². The van der Waals surface area contributed by atoms with Gasteiger partial charge in [0.2, 0.25) is 11.8 Å². The van der Waals surface area contributed by atoms with Gasteiger partial charge in [-0.3, -0.25) is 14.6 Å². The Bertz CT molecular complexity index is 1290. The second-order valence-electron chi connectivity index (χ2n) is 8.19. The van der Waals surface area contributed by atoms with Gasteiger partial charge in [0.25, 0.3) is 5.92 Å². The number of nitrogens with one attached hydrogen (secondary N) is 1. The summed E-state index contributed by atoms with van der Waals surface area (Å²) in [6.07, 6.45) is 1.02. The van der Waals surface area contributed by atoms with E-state index in [4.69, 9.17) is 11.6 Å². The van der Waals surface area contributed by atoms with Gasteiger partial charge in [0, 0.05) is 35.0 Å². The van der Waals surface area contributed by atoms with E-state index in [1.54, 1.807) is 19.9 Å². The lowest BCUT2D eigenvalue weighted by atomic mass is 9.98. The molecule has 0 radical (unpaired) electrons. The number of benzene rings is 1. The molecule has 0 unspecified atom stereocenters. The molecule has 0 aliphatic carbocycles. The second-order valence-corrected chi connectivity index (χ2v) is 8.55. The standard InChI is InChI=1S/C24H20ClF3N4O2/c1-12-8-18-20(22(25)30-12)17-9-15(26)10-29-21(17)13(2)23(34)32(18)11-19(33)31-16-6-4-14(5-7-16)24(3,27)28/h4-10,13H,11H2,1-3H3,(H,31,33)/t13-/m0/s1. The van der Waals surface area contributed by atoms with Crippen LogP contribution >= 0.6 is 11.6 Å². The van der Waals surface area contributed by atoms with Crippen molar-refractivity contribution in [1.82, 2.24) is 9.97 Å². The van der Waals surface area contributed by atoms with Crippen molar-refractivity contribution in [3.63, 3.8) is 0 Å². The zero-order valence-corrected chi connectivity index (χ0v) is 19.3. The van der Waals surface area contributed by atoms with Crippen molar-refractivity contribution in [2.45, 2.75) is 32.6 Å². The molecule has 0 fully saturated rings. The molecule has 0 bridgehead atoms. The summed E-state index contributed by atoms with van der Waals surface area (Å²) in [4.78, 5) is 35.8. The highest BCUT2D eigenvalue weighted by atomic mass is 35.5. The van der Waals surface area contributed by atoms with Crippen LogP contribution in [0.1, 0.15) is 36.7 Å². The second kappa shape index (κ2) is 8.72. The van der Waals surface area contributed by atoms with Crippen LogP contribution in [-0.4, -0.2) is 28.3 Å². The summed E-state index contributed by atoms with van der Waals surface area (Å²) in [5.74, 6) is -5.39. The molecule has 2 amide bonds. The molecule has 6 nitrogen and oxygen atoms in total. The number of aryl methyl sites for hydroxylation is 1. The van der Waals surface area contributed by atoms with Crippen LogP contribution < -0.4 is 10.2 Å². The van der Waals surface area contributed by atoms with Crippen molar-refractivity contribution >= 4 is 34.8 Å². The van der Waals surface area contributed by atoms with E-state index in [1.165, 1.54) is 35.2 Å². The number of aromatic nitrogens is 2. The molecule has 3 aromatic rings. The minimum Gasteiger partial charge on any atom is -0.325 e. The van der Waals surface area contributed by atoms with Gasteiger partial charge in [0.15, 0.2) is 0 Å². The number of fused-ring (bicyclic) bond motifs is 3. The van der Waals surface area contributed by atoms with Crippen LogP contribution in [0.25, 0.3) is 11.1 Å². The Morgan fingerprint density at radius 1 is 1.24 bits per heavy atom. The van der Waals surface area contributed by atoms with Crippen LogP contribution in [-0.2, 0) is 15.5 Å². The number of carbonyl (C=O) groups excluding carboxylic acids is 2. The summed E-state index contributed by atoms with van der Waals surface area (Å²) in [5, 5.41) is 2.66. The van der Waals surface area contributed by atoms with E-state index >= 15 is 0 Å². The van der Waals surface area contributed by atoms with Crippen LogP contribution in [0.2, 0.25) is 5.15 Å². The van der Waals surface area contributed by atoms with Crippen molar-refractivity contribution in [2.24, 2.45) is 0 Å². The van der Waals surface area contributed by atoms with Gasteiger partial charge < -0.3 is 10.2 Å². The summed E-state index contributed by atoms with van der Waals surface area (Å²) in [7, 11) is 0. The molecule has 0 spiro atoms. The van der Waals surface area contributed by atoms with E-state index in [9.17, 15) is 22.8 Å². The van der Waals surface area contributed by atoms with Gasteiger partial charge in [0.1, 0.15) is 17.5 Å². The van der Waals surface area contributed by atoms with Gasteiger partial charge in [0.05, 0.1) is 23.5 Å². The first-order valence-electron chi connectivity index (χ1n) is 10.4. The Morgan fingerprint density at radius 3 is 2.56 bits per heavy atom. The summed E-state index contributed by atoms with van der Waals surface area (Å²) < 4.78 is 41.0. The molecule has 1 aromatic carbocycles. The lowest BCUT2D eigenvalue weighted by molar-refractivity contribution is -0.122. The smallest absolute Gasteiger partial charge is 0.270 e. The lowest BCUT2D eigenvalue weighted by Crippen LogP contribution is -2.40. The van der Waals surface area contributed by atoms with Crippen molar-refractivity contribution in [3.8, 4) is 11.1 Å². The fourth-order valence-electron chi connectivity index (χ4n) is 3.90. The molecular weight excluding hydrogens is 469 g/mol.